The van der Waals surface area contributed by atoms with Crippen LogP contribution in [0, 0.1) is 4.91 Å². The molecule has 1 aliphatic heterocycles. The lowest BCUT2D eigenvalue weighted by molar-refractivity contribution is -0.801. The Labute approximate surface area is 139 Å². The molecule has 6 heteroatoms. The normalized spacial score (nSPS) is 19.5. The summed E-state index contributed by atoms with van der Waals surface area (Å²) in [5.74, 6) is 0. The van der Waals surface area contributed by atoms with E-state index < -0.39 is 0 Å². The van der Waals surface area contributed by atoms with Crippen molar-refractivity contribution in [1.29, 1.82) is 0 Å². The van der Waals surface area contributed by atoms with E-state index in [0.29, 0.717) is 6.54 Å². The maximum absolute atomic E-state index is 12.2. The largest absolute Gasteiger partial charge is 0.372 e. The number of piperidine rings is 1. The lowest BCUT2D eigenvalue weighted by Gasteiger charge is -2.34. The van der Waals surface area contributed by atoms with Gasteiger partial charge in [-0.25, -0.2) is 4.84 Å². The van der Waals surface area contributed by atoms with Crippen LogP contribution in [-0.4, -0.2) is 46.2 Å². The van der Waals surface area contributed by atoms with Crippen LogP contribution < -0.4 is 5.59 Å². The van der Waals surface area contributed by atoms with Gasteiger partial charge in [0.25, 0.3) is 4.98 Å². The molecule has 1 saturated heterocycles. The van der Waals surface area contributed by atoms with E-state index >= 15 is 0 Å². The van der Waals surface area contributed by atoms with E-state index in [1.54, 1.807) is 5.01 Å². The molecule has 130 valence electrons. The lowest BCUT2D eigenvalue weighted by atomic mass is 10.0. The van der Waals surface area contributed by atoms with E-state index in [2.05, 4.69) is 28.7 Å². The maximum Gasteiger partial charge on any atom is 0.275 e. The highest BCUT2D eigenvalue weighted by molar-refractivity contribution is 5.21. The molecule has 23 heavy (non-hydrogen) atoms. The minimum Gasteiger partial charge on any atom is -0.372 e. The molecule has 0 bridgehead atoms. The standard InChI is InChI=1S/C17H31N4O2/c1-5-20(17(2,3)4)21(22)18-23-16-11-13-19(14-12-16)15-9-7-6-8-10-15/h7,9-10,16H,5-6,8,11-14H2,1-4H3,(H,18,22)/q+1. The highest BCUT2D eigenvalue weighted by Crippen LogP contribution is 2.21. The number of nitroso groups, excluding NO2 is 1. The van der Waals surface area contributed by atoms with E-state index in [1.165, 1.54) is 5.70 Å². The summed E-state index contributed by atoms with van der Waals surface area (Å²) < 4.78 is 0. The molecule has 0 aromatic heterocycles. The summed E-state index contributed by atoms with van der Waals surface area (Å²) in [5.41, 5.74) is 3.65. The molecule has 2 aliphatic rings. The van der Waals surface area contributed by atoms with Crippen LogP contribution in [0.4, 0.5) is 0 Å². The van der Waals surface area contributed by atoms with Crippen LogP contribution in [0.25, 0.3) is 0 Å². The predicted molar refractivity (Wildman–Crippen MR) is 91.0 cm³/mol. The average Bonchev–Trinajstić information content (AvgIpc) is 2.53. The zero-order valence-electron chi connectivity index (χ0n) is 14.9. The number of hydrazine groups is 2. The Balaban J connectivity index is 1.75. The molecular formula is C17H31N4O2+. The Kier molecular flexibility index (Phi) is 6.04. The van der Waals surface area contributed by atoms with Crippen LogP contribution in [0.2, 0.25) is 0 Å². The van der Waals surface area contributed by atoms with Crippen molar-refractivity contribution < 1.29 is 9.82 Å². The van der Waals surface area contributed by atoms with Gasteiger partial charge in [0.05, 0.1) is 23.1 Å². The van der Waals surface area contributed by atoms with Gasteiger partial charge in [0, 0.05) is 24.4 Å². The molecule has 0 saturated carbocycles. The zero-order chi connectivity index (χ0) is 16.9. The van der Waals surface area contributed by atoms with Gasteiger partial charge in [0.2, 0.25) is 0 Å². The second kappa shape index (κ2) is 7.81. The van der Waals surface area contributed by atoms with Crippen LogP contribution in [0.15, 0.2) is 23.9 Å². The molecule has 6 nitrogen and oxygen atoms in total. The number of hydrogen-bond donors (Lipinski definition) is 1. The summed E-state index contributed by atoms with van der Waals surface area (Å²) in [4.78, 5) is 20.9. The van der Waals surface area contributed by atoms with Crippen LogP contribution in [0.3, 0.4) is 0 Å². The first-order valence-electron chi connectivity index (χ1n) is 8.69. The molecule has 1 fully saturated rings. The monoisotopic (exact) mass is 323 g/mol. The van der Waals surface area contributed by atoms with Gasteiger partial charge in [-0.05, 0) is 59.5 Å². The summed E-state index contributed by atoms with van der Waals surface area (Å²) in [6, 6.07) is 0. The molecule has 0 amide bonds. The minimum absolute atomic E-state index is 0.0783. The molecule has 1 heterocycles. The molecule has 0 unspecified atom stereocenters. The van der Waals surface area contributed by atoms with Gasteiger partial charge < -0.3 is 4.90 Å². The quantitative estimate of drug-likeness (QED) is 0.601. The van der Waals surface area contributed by atoms with Crippen molar-refractivity contribution in [2.75, 3.05) is 19.6 Å². The van der Waals surface area contributed by atoms with Crippen LogP contribution in [0.1, 0.15) is 53.4 Å². The maximum atomic E-state index is 12.2. The molecule has 0 radical (unpaired) electrons. The van der Waals surface area contributed by atoms with Gasteiger partial charge in [-0.1, -0.05) is 12.2 Å². The Hall–Kier alpha value is -1.56. The molecule has 1 aliphatic carbocycles. The summed E-state index contributed by atoms with van der Waals surface area (Å²) in [5, 5.41) is 1.69. The highest BCUT2D eigenvalue weighted by Gasteiger charge is 2.33. The summed E-state index contributed by atoms with van der Waals surface area (Å²) in [7, 11) is 0. The smallest absolute Gasteiger partial charge is 0.275 e. The Morgan fingerprint density at radius 3 is 2.57 bits per heavy atom. The second-order valence-corrected chi connectivity index (χ2v) is 7.16. The number of likely N-dealkylation sites (tertiary alicyclic amines) is 1. The Morgan fingerprint density at radius 1 is 1.35 bits per heavy atom. The molecule has 0 aromatic carbocycles. The van der Waals surface area contributed by atoms with E-state index in [1.807, 2.05) is 27.7 Å². The number of hydrogen-bond acceptors (Lipinski definition) is 3. The fourth-order valence-corrected chi connectivity index (χ4v) is 3.11. The van der Waals surface area contributed by atoms with E-state index in [0.717, 1.165) is 43.8 Å². The van der Waals surface area contributed by atoms with Gasteiger partial charge in [-0.15, -0.1) is 5.01 Å². The summed E-state index contributed by atoms with van der Waals surface area (Å²) in [6.07, 6.45) is 11.0. The van der Waals surface area contributed by atoms with E-state index in [-0.39, 0.29) is 11.6 Å². The fourth-order valence-electron chi connectivity index (χ4n) is 3.11. The van der Waals surface area contributed by atoms with E-state index in [4.69, 9.17) is 4.84 Å². The highest BCUT2D eigenvalue weighted by atomic mass is 16.7. The lowest BCUT2D eigenvalue weighted by Crippen LogP contribution is -2.53. The van der Waals surface area contributed by atoms with Crippen LogP contribution in [0.5, 0.6) is 0 Å². The Bertz CT molecular complexity index is 460. The number of rotatable bonds is 6. The SMILES string of the molecule is CCN([N+](=O)NOC1CCN(C2=CCCC=C2)CC1)C(C)(C)C. The van der Waals surface area contributed by atoms with Crippen LogP contribution in [-0.2, 0) is 4.84 Å². The summed E-state index contributed by atoms with van der Waals surface area (Å²) in [6.45, 7) is 10.5. The third-order valence-corrected chi connectivity index (χ3v) is 4.37. The van der Waals surface area contributed by atoms with Gasteiger partial charge in [-0.3, -0.25) is 0 Å². The van der Waals surface area contributed by atoms with Gasteiger partial charge in [-0.2, -0.15) is 0 Å². The molecule has 1 N–H and O–H groups in total. The predicted octanol–water partition coefficient (Wildman–Crippen LogP) is 2.94. The van der Waals surface area contributed by atoms with Crippen molar-refractivity contribution in [3.63, 3.8) is 0 Å². The van der Waals surface area contributed by atoms with Gasteiger partial charge in [0.15, 0.2) is 0 Å². The zero-order valence-corrected chi connectivity index (χ0v) is 14.9. The van der Waals surface area contributed by atoms with Crippen molar-refractivity contribution in [1.82, 2.24) is 15.5 Å². The van der Waals surface area contributed by atoms with E-state index in [9.17, 15) is 4.91 Å². The number of nitrogens with zero attached hydrogens (tertiary/aromatic N) is 3. The third kappa shape index (κ3) is 4.96. The number of allylic oxidation sites excluding steroid dienone is 3. The van der Waals surface area contributed by atoms with Gasteiger partial charge in [0.1, 0.15) is 0 Å². The minimum atomic E-state index is -0.240. The first kappa shape index (κ1) is 17.8. The van der Waals surface area contributed by atoms with Crippen LogP contribution >= 0.6 is 0 Å². The average molecular weight is 323 g/mol. The number of nitrogens with one attached hydrogen (secondary N) is 1. The van der Waals surface area contributed by atoms with Crippen molar-refractivity contribution >= 4 is 0 Å². The molecule has 0 spiro atoms. The second-order valence-electron chi connectivity index (χ2n) is 7.16. The Morgan fingerprint density at radius 2 is 2.04 bits per heavy atom. The third-order valence-electron chi connectivity index (χ3n) is 4.37. The molecular weight excluding hydrogens is 292 g/mol. The van der Waals surface area contributed by atoms with Crippen molar-refractivity contribution in [3.05, 3.63) is 28.8 Å². The first-order chi connectivity index (χ1) is 10.9. The fraction of sp³-hybridized carbons (Fsp3) is 0.765. The summed E-state index contributed by atoms with van der Waals surface area (Å²) >= 11 is 0. The van der Waals surface area contributed by atoms with Gasteiger partial charge >= 0.3 is 0 Å². The molecule has 0 atom stereocenters. The van der Waals surface area contributed by atoms with Crippen molar-refractivity contribution in [2.45, 2.75) is 65.0 Å². The molecule has 0 aromatic rings. The topological polar surface area (TPSA) is 47.8 Å². The van der Waals surface area contributed by atoms with Crippen molar-refractivity contribution in [2.24, 2.45) is 0 Å². The first-order valence-corrected chi connectivity index (χ1v) is 8.69. The molecule has 2 rings (SSSR count). The van der Waals surface area contributed by atoms with Crippen molar-refractivity contribution in [3.8, 4) is 0 Å².